The highest BCUT2D eigenvalue weighted by Gasteiger charge is 2.48. The number of aryl methyl sites for hydroxylation is 1. The molecule has 1 heterocycles. The van der Waals surface area contributed by atoms with Gasteiger partial charge in [-0.1, -0.05) is 23.8 Å². The van der Waals surface area contributed by atoms with Crippen molar-refractivity contribution in [3.8, 4) is 0 Å². The molecule has 0 saturated carbocycles. The molecule has 1 aliphatic heterocycles. The molecule has 2 atom stereocenters. The predicted octanol–water partition coefficient (Wildman–Crippen LogP) is 4.09. The molecule has 2 aliphatic rings. The summed E-state index contributed by atoms with van der Waals surface area (Å²) in [5.74, 6) is -1.04. The molecule has 0 aromatic heterocycles. The van der Waals surface area contributed by atoms with Crippen molar-refractivity contribution in [2.45, 2.75) is 26.7 Å². The summed E-state index contributed by atoms with van der Waals surface area (Å²) in [7, 11) is 0. The van der Waals surface area contributed by atoms with Crippen LogP contribution in [0.3, 0.4) is 0 Å². The number of fused-ring (bicyclic) bond motifs is 1. The van der Waals surface area contributed by atoms with Gasteiger partial charge in [-0.05, 0) is 68.7 Å². The van der Waals surface area contributed by atoms with E-state index in [9.17, 15) is 14.4 Å². The van der Waals surface area contributed by atoms with Crippen molar-refractivity contribution in [1.29, 1.82) is 0 Å². The third kappa shape index (κ3) is 3.24. The molecule has 1 fully saturated rings. The molecule has 3 amide bonds. The largest absolute Gasteiger partial charge is 0.322 e. The number of benzene rings is 2. The van der Waals surface area contributed by atoms with Gasteiger partial charge in [-0.2, -0.15) is 0 Å². The number of carbonyl (C=O) groups excluding carboxylic acids is 3. The molecule has 5 nitrogen and oxygen atoms in total. The van der Waals surface area contributed by atoms with E-state index < -0.39 is 0 Å². The topological polar surface area (TPSA) is 66.5 Å². The Hall–Kier alpha value is -3.21. The van der Waals surface area contributed by atoms with Gasteiger partial charge in [-0.15, -0.1) is 0 Å². The quantitative estimate of drug-likeness (QED) is 0.650. The van der Waals surface area contributed by atoms with Crippen LogP contribution in [0.2, 0.25) is 0 Å². The summed E-state index contributed by atoms with van der Waals surface area (Å²) in [5.41, 5.74) is 3.94. The maximum absolute atomic E-state index is 12.8. The molecule has 4 rings (SSSR count). The molecule has 0 unspecified atom stereocenters. The van der Waals surface area contributed by atoms with Crippen molar-refractivity contribution >= 4 is 29.1 Å². The average Bonchev–Trinajstić information content (AvgIpc) is 2.92. The Bertz CT molecular complexity index is 991. The lowest BCUT2D eigenvalue weighted by Gasteiger charge is -2.18. The van der Waals surface area contributed by atoms with Crippen LogP contribution in [-0.2, 0) is 9.59 Å². The number of nitrogens with one attached hydrogen (secondary N) is 1. The minimum absolute atomic E-state index is 0.139. The molecule has 2 aromatic carbocycles. The third-order valence-electron chi connectivity index (χ3n) is 5.49. The van der Waals surface area contributed by atoms with E-state index in [1.165, 1.54) is 4.90 Å². The van der Waals surface area contributed by atoms with Gasteiger partial charge in [0.1, 0.15) is 0 Å². The molecule has 0 bridgehead atoms. The van der Waals surface area contributed by atoms with E-state index in [0.717, 1.165) is 16.8 Å². The Morgan fingerprint density at radius 2 is 1.71 bits per heavy atom. The average molecular weight is 374 g/mol. The second-order valence-electron chi connectivity index (χ2n) is 7.59. The normalized spacial score (nSPS) is 21.4. The van der Waals surface area contributed by atoms with Crippen LogP contribution in [-0.4, -0.2) is 17.7 Å². The predicted molar refractivity (Wildman–Crippen MR) is 108 cm³/mol. The summed E-state index contributed by atoms with van der Waals surface area (Å²) in [4.78, 5) is 39.3. The number of hydrogen-bond acceptors (Lipinski definition) is 3. The van der Waals surface area contributed by atoms with Gasteiger partial charge in [0.15, 0.2) is 0 Å². The lowest BCUT2D eigenvalue weighted by Crippen LogP contribution is -2.30. The second kappa shape index (κ2) is 7.08. The Morgan fingerprint density at radius 3 is 2.43 bits per heavy atom. The summed E-state index contributed by atoms with van der Waals surface area (Å²) in [5, 5.41) is 2.86. The number of imide groups is 1. The van der Waals surface area contributed by atoms with E-state index in [1.54, 1.807) is 24.3 Å². The zero-order chi connectivity index (χ0) is 19.8. The summed E-state index contributed by atoms with van der Waals surface area (Å²) in [6, 6.07) is 14.2. The number of amides is 3. The van der Waals surface area contributed by atoms with Crippen LogP contribution >= 0.6 is 0 Å². The van der Waals surface area contributed by atoms with E-state index in [2.05, 4.69) is 11.4 Å². The highest BCUT2D eigenvalue weighted by molar-refractivity contribution is 6.22. The Balaban J connectivity index is 1.51. The van der Waals surface area contributed by atoms with Crippen LogP contribution in [0.5, 0.6) is 0 Å². The smallest absolute Gasteiger partial charge is 0.255 e. The second-order valence-corrected chi connectivity index (χ2v) is 7.59. The fraction of sp³-hybridized carbons (Fsp3) is 0.261. The van der Waals surface area contributed by atoms with E-state index in [0.29, 0.717) is 24.1 Å². The molecule has 1 N–H and O–H groups in total. The van der Waals surface area contributed by atoms with Gasteiger partial charge in [-0.25, -0.2) is 0 Å². The molecular formula is C23H22N2O3. The molecule has 0 spiro atoms. The molecule has 28 heavy (non-hydrogen) atoms. The van der Waals surface area contributed by atoms with E-state index >= 15 is 0 Å². The number of nitrogens with zero attached hydrogens (tertiary/aromatic N) is 1. The van der Waals surface area contributed by atoms with Crippen LogP contribution in [0, 0.1) is 18.8 Å². The molecular weight excluding hydrogens is 352 g/mol. The summed E-state index contributed by atoms with van der Waals surface area (Å²) in [6.45, 7) is 3.96. The van der Waals surface area contributed by atoms with Crippen LogP contribution in [0.4, 0.5) is 11.4 Å². The van der Waals surface area contributed by atoms with Gasteiger partial charge >= 0.3 is 0 Å². The summed E-state index contributed by atoms with van der Waals surface area (Å²) in [6.07, 6.45) is 3.31. The molecule has 1 saturated heterocycles. The first-order chi connectivity index (χ1) is 13.4. The first-order valence-corrected chi connectivity index (χ1v) is 9.45. The molecule has 0 radical (unpaired) electrons. The standard InChI is InChI=1S/C23H22N2O3/c1-14-4-3-5-17(12-14)24-21(26)16-7-9-18(10-8-16)25-22(27)19-11-6-15(2)13-20(19)23(25)28/h3-10,12,19-20H,11,13H2,1-2H3,(H,24,26)/t19-,20-/m0/s1. The molecule has 5 heteroatoms. The van der Waals surface area contributed by atoms with Crippen molar-refractivity contribution in [3.05, 3.63) is 71.3 Å². The van der Waals surface area contributed by atoms with Crippen molar-refractivity contribution in [3.63, 3.8) is 0 Å². The van der Waals surface area contributed by atoms with Gasteiger partial charge in [0.25, 0.3) is 5.91 Å². The van der Waals surface area contributed by atoms with Crippen molar-refractivity contribution in [2.24, 2.45) is 11.8 Å². The van der Waals surface area contributed by atoms with Crippen LogP contribution < -0.4 is 10.2 Å². The molecule has 2 aromatic rings. The van der Waals surface area contributed by atoms with Crippen LogP contribution in [0.25, 0.3) is 0 Å². The number of hydrogen-bond donors (Lipinski definition) is 1. The minimum atomic E-state index is -0.263. The number of allylic oxidation sites excluding steroid dienone is 2. The Morgan fingerprint density at radius 1 is 1.00 bits per heavy atom. The number of carbonyl (C=O) groups is 3. The first kappa shape index (κ1) is 18.2. The van der Waals surface area contributed by atoms with Gasteiger partial charge in [0.2, 0.25) is 11.8 Å². The molecule has 142 valence electrons. The maximum Gasteiger partial charge on any atom is 0.255 e. The van der Waals surface area contributed by atoms with Gasteiger partial charge in [0, 0.05) is 11.3 Å². The third-order valence-corrected chi connectivity index (χ3v) is 5.49. The van der Waals surface area contributed by atoms with Gasteiger partial charge in [-0.3, -0.25) is 19.3 Å². The van der Waals surface area contributed by atoms with E-state index in [-0.39, 0.29) is 29.6 Å². The lowest BCUT2D eigenvalue weighted by molar-refractivity contribution is -0.122. The number of rotatable bonds is 3. The van der Waals surface area contributed by atoms with Gasteiger partial charge in [0.05, 0.1) is 17.5 Å². The van der Waals surface area contributed by atoms with Crippen molar-refractivity contribution in [2.75, 3.05) is 10.2 Å². The summed E-state index contributed by atoms with van der Waals surface area (Å²) < 4.78 is 0. The molecule has 1 aliphatic carbocycles. The van der Waals surface area contributed by atoms with E-state index in [4.69, 9.17) is 0 Å². The summed E-state index contributed by atoms with van der Waals surface area (Å²) >= 11 is 0. The fourth-order valence-corrected chi connectivity index (χ4v) is 3.98. The zero-order valence-electron chi connectivity index (χ0n) is 15.9. The first-order valence-electron chi connectivity index (χ1n) is 9.45. The maximum atomic E-state index is 12.8. The highest BCUT2D eigenvalue weighted by Crippen LogP contribution is 2.39. The van der Waals surface area contributed by atoms with Crippen molar-refractivity contribution < 1.29 is 14.4 Å². The van der Waals surface area contributed by atoms with Gasteiger partial charge < -0.3 is 5.32 Å². The highest BCUT2D eigenvalue weighted by atomic mass is 16.2. The minimum Gasteiger partial charge on any atom is -0.322 e. The monoisotopic (exact) mass is 374 g/mol. The van der Waals surface area contributed by atoms with E-state index in [1.807, 2.05) is 38.1 Å². The Labute approximate surface area is 164 Å². The van der Waals surface area contributed by atoms with Crippen LogP contribution in [0.15, 0.2) is 60.2 Å². The van der Waals surface area contributed by atoms with Crippen LogP contribution in [0.1, 0.15) is 35.7 Å². The Kier molecular flexibility index (Phi) is 4.59. The SMILES string of the molecule is CC1=CC[C@@H]2C(=O)N(c3ccc(C(=O)Nc4cccc(C)c4)cc3)C(=O)[C@H]2C1. The fourth-order valence-electron chi connectivity index (χ4n) is 3.98. The van der Waals surface area contributed by atoms with Crippen molar-refractivity contribution in [1.82, 2.24) is 0 Å². The number of anilines is 2. The lowest BCUT2D eigenvalue weighted by atomic mass is 9.82. The zero-order valence-corrected chi connectivity index (χ0v) is 15.9.